The largest absolute Gasteiger partial charge is 0.446 e. The maximum atomic E-state index is 14.0. The fourth-order valence-electron chi connectivity index (χ4n) is 3.45. The Morgan fingerprint density at radius 1 is 0.800 bits per heavy atom. The van der Waals surface area contributed by atoms with E-state index in [4.69, 9.17) is 0 Å². The van der Waals surface area contributed by atoms with Crippen molar-refractivity contribution in [3.05, 3.63) is 95.6 Å². The van der Waals surface area contributed by atoms with Gasteiger partial charge in [0.15, 0.2) is 0 Å². The molecule has 0 amide bonds. The molecule has 30 heavy (non-hydrogen) atoms. The molecule has 0 saturated heterocycles. The van der Waals surface area contributed by atoms with E-state index in [0.29, 0.717) is 12.2 Å². The lowest BCUT2D eigenvalue weighted by Gasteiger charge is -2.10. The van der Waals surface area contributed by atoms with Crippen LogP contribution in [0.15, 0.2) is 77.7 Å². The van der Waals surface area contributed by atoms with Gasteiger partial charge in [-0.1, -0.05) is 48.5 Å². The second kappa shape index (κ2) is 8.14. The number of nitrogens with one attached hydrogen (secondary N) is 1. The van der Waals surface area contributed by atoms with E-state index in [-0.39, 0.29) is 28.1 Å². The van der Waals surface area contributed by atoms with Gasteiger partial charge in [0.1, 0.15) is 11.6 Å². The zero-order valence-electron chi connectivity index (χ0n) is 15.5. The standard InChI is InChI=1S/C23H16F5NS/c24-19-2-1-3-20(25)22(19)21-12-17(13-29-21)16-6-4-14(5-7-16)15-8-10-18(11-9-15)30-23(26,27)28/h1-12,17,29H,13H2. The van der Waals surface area contributed by atoms with Crippen LogP contribution >= 0.6 is 11.8 Å². The SMILES string of the molecule is Fc1cccc(F)c1C1=CC(c2ccc(-c3ccc(SC(F)(F)F)cc3)cc2)CN1. The molecule has 0 aromatic heterocycles. The molecule has 0 saturated carbocycles. The Kier molecular flexibility index (Phi) is 5.56. The van der Waals surface area contributed by atoms with Gasteiger partial charge in [-0.2, -0.15) is 13.2 Å². The Morgan fingerprint density at radius 2 is 1.37 bits per heavy atom. The van der Waals surface area contributed by atoms with E-state index < -0.39 is 17.1 Å². The Labute approximate surface area is 174 Å². The van der Waals surface area contributed by atoms with Crippen LogP contribution in [0.2, 0.25) is 0 Å². The van der Waals surface area contributed by atoms with Crippen molar-refractivity contribution in [2.75, 3.05) is 6.54 Å². The lowest BCUT2D eigenvalue weighted by Crippen LogP contribution is -2.12. The molecule has 3 aromatic carbocycles. The van der Waals surface area contributed by atoms with E-state index in [1.165, 1.54) is 30.3 Å². The van der Waals surface area contributed by atoms with Gasteiger partial charge in [0.25, 0.3) is 0 Å². The van der Waals surface area contributed by atoms with Crippen molar-refractivity contribution < 1.29 is 22.0 Å². The molecule has 1 nitrogen and oxygen atoms in total. The zero-order valence-corrected chi connectivity index (χ0v) is 16.3. The van der Waals surface area contributed by atoms with E-state index in [2.05, 4.69) is 5.32 Å². The van der Waals surface area contributed by atoms with E-state index >= 15 is 0 Å². The molecule has 3 aromatic rings. The zero-order chi connectivity index (χ0) is 21.3. The fraction of sp³-hybridized carbons (Fsp3) is 0.130. The van der Waals surface area contributed by atoms with Crippen LogP contribution in [-0.4, -0.2) is 12.1 Å². The minimum absolute atomic E-state index is 0.0429. The minimum atomic E-state index is -4.31. The third-order valence-electron chi connectivity index (χ3n) is 4.87. The van der Waals surface area contributed by atoms with Crippen LogP contribution in [0.3, 0.4) is 0 Å². The van der Waals surface area contributed by atoms with Crippen LogP contribution in [0.5, 0.6) is 0 Å². The molecule has 0 fully saturated rings. The first-order chi connectivity index (χ1) is 14.3. The lowest BCUT2D eigenvalue weighted by molar-refractivity contribution is -0.0328. The number of hydrogen-bond donors (Lipinski definition) is 1. The highest BCUT2D eigenvalue weighted by atomic mass is 32.2. The van der Waals surface area contributed by atoms with Crippen molar-refractivity contribution in [2.24, 2.45) is 0 Å². The molecule has 0 spiro atoms. The van der Waals surface area contributed by atoms with E-state index in [1.807, 2.05) is 24.3 Å². The summed E-state index contributed by atoms with van der Waals surface area (Å²) in [6.07, 6.45) is 1.81. The number of rotatable bonds is 4. The van der Waals surface area contributed by atoms with Gasteiger partial charge < -0.3 is 5.32 Å². The van der Waals surface area contributed by atoms with Crippen molar-refractivity contribution in [3.63, 3.8) is 0 Å². The van der Waals surface area contributed by atoms with Gasteiger partial charge in [-0.15, -0.1) is 0 Å². The Morgan fingerprint density at radius 3 is 1.93 bits per heavy atom. The van der Waals surface area contributed by atoms with Gasteiger partial charge in [-0.3, -0.25) is 0 Å². The maximum absolute atomic E-state index is 14.0. The Bertz CT molecular complexity index is 1050. The predicted octanol–water partition coefficient (Wildman–Crippen LogP) is 6.97. The van der Waals surface area contributed by atoms with Gasteiger partial charge in [0.05, 0.1) is 5.56 Å². The summed E-state index contributed by atoms with van der Waals surface area (Å²) in [6.45, 7) is 0.520. The predicted molar refractivity (Wildman–Crippen MR) is 109 cm³/mol. The molecular weight excluding hydrogens is 417 g/mol. The summed E-state index contributed by atoms with van der Waals surface area (Å²) in [6, 6.07) is 17.6. The first-order valence-electron chi connectivity index (χ1n) is 9.16. The molecule has 154 valence electrons. The molecule has 1 unspecified atom stereocenters. The summed E-state index contributed by atoms with van der Waals surface area (Å²) in [5.41, 5.74) is -1.29. The summed E-state index contributed by atoms with van der Waals surface area (Å²) < 4.78 is 65.4. The molecule has 0 radical (unpaired) electrons. The molecule has 1 aliphatic heterocycles. The Balaban J connectivity index is 1.51. The molecule has 0 bridgehead atoms. The van der Waals surface area contributed by atoms with Crippen molar-refractivity contribution in [3.8, 4) is 11.1 Å². The topological polar surface area (TPSA) is 12.0 Å². The number of benzene rings is 3. The smallest absolute Gasteiger partial charge is 0.384 e. The number of alkyl halides is 3. The highest BCUT2D eigenvalue weighted by Gasteiger charge is 2.29. The maximum Gasteiger partial charge on any atom is 0.446 e. The van der Waals surface area contributed by atoms with Crippen molar-refractivity contribution >= 4 is 17.5 Å². The number of halogens is 5. The van der Waals surface area contributed by atoms with Crippen LogP contribution in [0.25, 0.3) is 16.8 Å². The number of hydrogen-bond acceptors (Lipinski definition) is 2. The van der Waals surface area contributed by atoms with Gasteiger partial charge in [0, 0.05) is 23.1 Å². The highest BCUT2D eigenvalue weighted by Crippen LogP contribution is 2.37. The van der Waals surface area contributed by atoms with Gasteiger partial charge >= 0.3 is 5.51 Å². The van der Waals surface area contributed by atoms with E-state index in [9.17, 15) is 22.0 Å². The highest BCUT2D eigenvalue weighted by molar-refractivity contribution is 8.00. The second-order valence-electron chi connectivity index (χ2n) is 6.86. The molecular formula is C23H16F5NS. The molecule has 7 heteroatoms. The van der Waals surface area contributed by atoms with Crippen molar-refractivity contribution in [1.82, 2.24) is 5.32 Å². The van der Waals surface area contributed by atoms with Crippen LogP contribution in [0, 0.1) is 11.6 Å². The van der Waals surface area contributed by atoms with E-state index in [0.717, 1.165) is 16.7 Å². The summed E-state index contributed by atoms with van der Waals surface area (Å²) in [4.78, 5) is 0.137. The minimum Gasteiger partial charge on any atom is -0.384 e. The summed E-state index contributed by atoms with van der Waals surface area (Å²) >= 11 is -0.143. The summed E-state index contributed by atoms with van der Waals surface area (Å²) in [7, 11) is 0. The third-order valence-corrected chi connectivity index (χ3v) is 5.61. The fourth-order valence-corrected chi connectivity index (χ4v) is 3.99. The normalized spacial score (nSPS) is 16.3. The molecule has 0 aliphatic carbocycles. The molecule has 1 heterocycles. The lowest BCUT2D eigenvalue weighted by atomic mass is 9.96. The third kappa shape index (κ3) is 4.51. The summed E-state index contributed by atoms with van der Waals surface area (Å²) in [5, 5.41) is 3.06. The molecule has 4 rings (SSSR count). The van der Waals surface area contributed by atoms with E-state index in [1.54, 1.807) is 18.2 Å². The van der Waals surface area contributed by atoms with Gasteiger partial charge in [0.2, 0.25) is 0 Å². The average Bonchev–Trinajstić information content (AvgIpc) is 3.17. The van der Waals surface area contributed by atoms with Crippen molar-refractivity contribution in [1.29, 1.82) is 0 Å². The van der Waals surface area contributed by atoms with Gasteiger partial charge in [-0.25, -0.2) is 8.78 Å². The quantitative estimate of drug-likeness (QED) is 0.352. The molecule has 1 N–H and O–H groups in total. The second-order valence-corrected chi connectivity index (χ2v) is 8.00. The molecule has 1 aliphatic rings. The van der Waals surface area contributed by atoms with Crippen LogP contribution in [-0.2, 0) is 0 Å². The van der Waals surface area contributed by atoms with Crippen LogP contribution in [0.1, 0.15) is 17.0 Å². The van der Waals surface area contributed by atoms with Crippen molar-refractivity contribution in [2.45, 2.75) is 16.3 Å². The van der Waals surface area contributed by atoms with Crippen LogP contribution in [0.4, 0.5) is 22.0 Å². The monoisotopic (exact) mass is 433 g/mol. The van der Waals surface area contributed by atoms with Crippen LogP contribution < -0.4 is 5.32 Å². The average molecular weight is 433 g/mol. The first-order valence-corrected chi connectivity index (χ1v) is 9.98. The Hall–Kier alpha value is -2.80. The summed E-state index contributed by atoms with van der Waals surface area (Å²) in [5.74, 6) is -1.27. The first kappa shape index (κ1) is 20.5. The van der Waals surface area contributed by atoms with Gasteiger partial charge in [-0.05, 0) is 52.7 Å². The molecule has 1 atom stereocenters. The number of thioether (sulfide) groups is 1.